The minimum Gasteiger partial charge on any atom is -0.372 e. The Bertz CT molecular complexity index is 1080. The molecule has 0 radical (unpaired) electrons. The van der Waals surface area contributed by atoms with Crippen molar-refractivity contribution in [3.63, 3.8) is 0 Å². The van der Waals surface area contributed by atoms with Crippen molar-refractivity contribution >= 4 is 5.95 Å². The van der Waals surface area contributed by atoms with E-state index in [2.05, 4.69) is 19.9 Å². The smallest absolute Gasteiger partial charge is 0.372 e. The molecule has 4 heterocycles. The fourth-order valence-corrected chi connectivity index (χ4v) is 3.82. The first-order valence-corrected chi connectivity index (χ1v) is 9.95. The van der Waals surface area contributed by atoms with E-state index in [4.69, 9.17) is 4.74 Å². The van der Waals surface area contributed by atoms with Gasteiger partial charge < -0.3 is 9.64 Å². The summed E-state index contributed by atoms with van der Waals surface area (Å²) in [7, 11) is 0. The topological polar surface area (TPSA) is 64.0 Å². The minimum atomic E-state index is -4.62. The molecule has 0 saturated carbocycles. The highest BCUT2D eigenvalue weighted by atomic mass is 19.4. The van der Waals surface area contributed by atoms with Crippen molar-refractivity contribution < 1.29 is 17.9 Å². The molecule has 162 valence electrons. The summed E-state index contributed by atoms with van der Waals surface area (Å²) in [6, 6.07) is 6.40. The number of pyridine rings is 2. The van der Waals surface area contributed by atoms with Gasteiger partial charge in [0.15, 0.2) is 5.69 Å². The van der Waals surface area contributed by atoms with Crippen LogP contribution >= 0.6 is 0 Å². The van der Waals surface area contributed by atoms with Gasteiger partial charge in [0.1, 0.15) is 0 Å². The molecule has 0 aromatic carbocycles. The second-order valence-corrected chi connectivity index (χ2v) is 7.68. The van der Waals surface area contributed by atoms with Crippen LogP contribution in [0.5, 0.6) is 0 Å². The van der Waals surface area contributed by atoms with Crippen molar-refractivity contribution in [2.45, 2.75) is 39.2 Å². The van der Waals surface area contributed by atoms with E-state index in [9.17, 15) is 13.2 Å². The first-order valence-electron chi connectivity index (χ1n) is 9.95. The fraction of sp³-hybridized carbons (Fsp3) is 0.364. The number of anilines is 1. The van der Waals surface area contributed by atoms with Gasteiger partial charge >= 0.3 is 6.18 Å². The molecule has 0 bridgehead atoms. The molecule has 0 N–H and O–H groups in total. The van der Waals surface area contributed by atoms with Gasteiger partial charge in [-0.25, -0.2) is 9.97 Å². The normalized spacial score (nSPS) is 19.5. The van der Waals surface area contributed by atoms with Gasteiger partial charge in [0.25, 0.3) is 0 Å². The van der Waals surface area contributed by atoms with Gasteiger partial charge in [-0.15, -0.1) is 0 Å². The zero-order chi connectivity index (χ0) is 22.2. The summed E-state index contributed by atoms with van der Waals surface area (Å²) in [5.41, 5.74) is 1.04. The lowest BCUT2D eigenvalue weighted by molar-refractivity contribution is -0.140. The van der Waals surface area contributed by atoms with E-state index >= 15 is 0 Å². The van der Waals surface area contributed by atoms with E-state index in [0.29, 0.717) is 30.2 Å². The van der Waals surface area contributed by atoms with Gasteiger partial charge in [-0.2, -0.15) is 13.2 Å². The largest absolute Gasteiger partial charge is 0.434 e. The van der Waals surface area contributed by atoms with Crippen LogP contribution in [0.1, 0.15) is 25.2 Å². The monoisotopic (exact) mass is 429 g/mol. The van der Waals surface area contributed by atoms with Crippen LogP contribution in [-0.4, -0.2) is 45.2 Å². The molecule has 0 amide bonds. The molecule has 0 spiro atoms. The molecule has 31 heavy (non-hydrogen) atoms. The van der Waals surface area contributed by atoms with E-state index in [1.54, 1.807) is 24.5 Å². The molecule has 1 aliphatic rings. The first-order chi connectivity index (χ1) is 14.7. The number of morpholine rings is 1. The number of hydrogen-bond acceptors (Lipinski definition) is 6. The van der Waals surface area contributed by atoms with Gasteiger partial charge in [0.2, 0.25) is 5.95 Å². The van der Waals surface area contributed by atoms with Crippen LogP contribution < -0.4 is 4.90 Å². The molecule has 6 nitrogen and oxygen atoms in total. The zero-order valence-corrected chi connectivity index (χ0v) is 17.4. The minimum absolute atomic E-state index is 0.0394. The maximum Gasteiger partial charge on any atom is 0.434 e. The van der Waals surface area contributed by atoms with Crippen LogP contribution in [0.4, 0.5) is 19.1 Å². The molecule has 3 aromatic rings. The number of hydrogen-bond donors (Lipinski definition) is 0. The lowest BCUT2D eigenvalue weighted by Crippen LogP contribution is -2.46. The molecule has 2 unspecified atom stereocenters. The third-order valence-corrected chi connectivity index (χ3v) is 5.02. The summed E-state index contributed by atoms with van der Waals surface area (Å²) < 4.78 is 47.0. The van der Waals surface area contributed by atoms with E-state index in [1.807, 2.05) is 25.7 Å². The SMILES string of the molecule is Cc1cc(-c2cnc(N3CC(C)OC(C)C3)nc2-c2cccnc2C(F)(F)F)ccn1. The lowest BCUT2D eigenvalue weighted by Gasteiger charge is -2.35. The average Bonchev–Trinajstić information content (AvgIpc) is 2.72. The summed E-state index contributed by atoms with van der Waals surface area (Å²) in [6.07, 6.45) is -0.373. The number of halogens is 3. The molecule has 0 aliphatic carbocycles. The summed E-state index contributed by atoms with van der Waals surface area (Å²) in [6.45, 7) is 6.81. The molecular weight excluding hydrogens is 407 g/mol. The van der Waals surface area contributed by atoms with Gasteiger partial charge in [0.05, 0.1) is 17.9 Å². The fourth-order valence-electron chi connectivity index (χ4n) is 3.82. The van der Waals surface area contributed by atoms with Gasteiger partial charge in [0, 0.05) is 48.5 Å². The highest BCUT2D eigenvalue weighted by Gasteiger charge is 2.36. The Morgan fingerprint density at radius 2 is 1.74 bits per heavy atom. The third-order valence-electron chi connectivity index (χ3n) is 5.02. The number of aryl methyl sites for hydroxylation is 1. The molecule has 1 aliphatic heterocycles. The number of alkyl halides is 3. The summed E-state index contributed by atoms with van der Waals surface area (Å²) >= 11 is 0. The number of aromatic nitrogens is 4. The number of rotatable bonds is 3. The van der Waals surface area contributed by atoms with Crippen LogP contribution in [0, 0.1) is 6.92 Å². The van der Waals surface area contributed by atoms with Crippen molar-refractivity contribution in [1.29, 1.82) is 0 Å². The van der Waals surface area contributed by atoms with E-state index in [-0.39, 0.29) is 23.5 Å². The van der Waals surface area contributed by atoms with E-state index in [0.717, 1.165) is 11.9 Å². The van der Waals surface area contributed by atoms with Crippen LogP contribution in [0.15, 0.2) is 42.9 Å². The first kappa shape index (κ1) is 21.2. The maximum atomic E-state index is 13.7. The Morgan fingerprint density at radius 1 is 1.00 bits per heavy atom. The van der Waals surface area contributed by atoms with Crippen molar-refractivity contribution in [2.75, 3.05) is 18.0 Å². The second-order valence-electron chi connectivity index (χ2n) is 7.68. The van der Waals surface area contributed by atoms with Crippen molar-refractivity contribution in [2.24, 2.45) is 0 Å². The molecule has 4 rings (SSSR count). The Hall–Kier alpha value is -3.07. The van der Waals surface area contributed by atoms with E-state index < -0.39 is 11.9 Å². The Labute approximate surface area is 178 Å². The Morgan fingerprint density at radius 3 is 2.42 bits per heavy atom. The molecule has 9 heteroatoms. The Kier molecular flexibility index (Phi) is 5.62. The number of ether oxygens (including phenoxy) is 1. The van der Waals surface area contributed by atoms with Gasteiger partial charge in [-0.1, -0.05) is 0 Å². The van der Waals surface area contributed by atoms with Gasteiger partial charge in [-0.3, -0.25) is 9.97 Å². The van der Waals surface area contributed by atoms with Crippen molar-refractivity contribution in [1.82, 2.24) is 19.9 Å². The molecule has 2 atom stereocenters. The van der Waals surface area contributed by atoms with E-state index in [1.165, 1.54) is 12.1 Å². The van der Waals surface area contributed by atoms with Gasteiger partial charge in [-0.05, 0) is 50.6 Å². The highest BCUT2D eigenvalue weighted by molar-refractivity contribution is 5.82. The second kappa shape index (κ2) is 8.22. The summed E-state index contributed by atoms with van der Waals surface area (Å²) in [5.74, 6) is 0.364. The molecular formula is C22H22F3N5O. The third kappa shape index (κ3) is 4.51. The van der Waals surface area contributed by atoms with Crippen molar-refractivity contribution in [3.05, 3.63) is 54.2 Å². The maximum absolute atomic E-state index is 13.7. The molecule has 1 saturated heterocycles. The Balaban J connectivity index is 1.90. The van der Waals surface area contributed by atoms with Crippen LogP contribution in [0.3, 0.4) is 0 Å². The predicted octanol–water partition coefficient (Wildman–Crippen LogP) is 4.54. The van der Waals surface area contributed by atoms with Crippen LogP contribution in [0.2, 0.25) is 0 Å². The summed E-state index contributed by atoms with van der Waals surface area (Å²) in [5, 5.41) is 0. The van der Waals surface area contributed by atoms with Crippen LogP contribution in [-0.2, 0) is 10.9 Å². The predicted molar refractivity (Wildman–Crippen MR) is 110 cm³/mol. The number of nitrogens with zero attached hydrogens (tertiary/aromatic N) is 5. The lowest BCUT2D eigenvalue weighted by atomic mass is 9.99. The molecule has 3 aromatic heterocycles. The van der Waals surface area contributed by atoms with Crippen LogP contribution in [0.25, 0.3) is 22.4 Å². The van der Waals surface area contributed by atoms with Crippen molar-refractivity contribution in [3.8, 4) is 22.4 Å². The summed E-state index contributed by atoms with van der Waals surface area (Å²) in [4.78, 5) is 18.8. The highest BCUT2D eigenvalue weighted by Crippen LogP contribution is 2.39. The average molecular weight is 429 g/mol. The molecule has 1 fully saturated rings. The standard InChI is InChI=1S/C22H22F3N5O/c1-13-9-16(6-8-26-13)18-10-28-21(30-11-14(2)31-15(3)12-30)29-19(18)17-5-4-7-27-20(17)22(23,24)25/h4-10,14-15H,11-12H2,1-3H3. The quantitative estimate of drug-likeness (QED) is 0.609. The zero-order valence-electron chi connectivity index (χ0n) is 17.4.